The molecule has 1 heterocycles. The van der Waals surface area contributed by atoms with Crippen LogP contribution >= 0.6 is 22.9 Å². The van der Waals surface area contributed by atoms with E-state index in [9.17, 15) is 5.26 Å². The molecule has 0 bridgehead atoms. The molecule has 0 saturated heterocycles. The second-order valence-electron chi connectivity index (χ2n) is 5.55. The second kappa shape index (κ2) is 7.47. The molecule has 124 valence electrons. The number of hydrogen-bond acceptors (Lipinski definition) is 5. The lowest BCUT2D eigenvalue weighted by Gasteiger charge is -2.03. The van der Waals surface area contributed by atoms with Gasteiger partial charge < -0.3 is 0 Å². The lowest BCUT2D eigenvalue weighted by molar-refractivity contribution is 1.30. The number of aryl methyl sites for hydroxylation is 2. The molecule has 0 spiro atoms. The van der Waals surface area contributed by atoms with Crippen molar-refractivity contribution >= 4 is 34.3 Å². The lowest BCUT2D eigenvalue weighted by atomic mass is 10.0. The van der Waals surface area contributed by atoms with Crippen LogP contribution in [0.3, 0.4) is 0 Å². The van der Waals surface area contributed by atoms with Gasteiger partial charge in [0.05, 0.1) is 11.4 Å². The van der Waals surface area contributed by atoms with Crippen LogP contribution in [0.4, 0.5) is 5.69 Å². The molecule has 0 radical (unpaired) electrons. The molecule has 0 aliphatic rings. The molecule has 0 amide bonds. The van der Waals surface area contributed by atoms with Crippen LogP contribution < -0.4 is 5.43 Å². The van der Waals surface area contributed by atoms with Crippen molar-refractivity contribution in [2.75, 3.05) is 5.43 Å². The Morgan fingerprint density at radius 2 is 1.96 bits per heavy atom. The number of benzene rings is 2. The van der Waals surface area contributed by atoms with Crippen molar-refractivity contribution in [1.82, 2.24) is 4.98 Å². The maximum atomic E-state index is 9.40. The third kappa shape index (κ3) is 4.05. The number of hydrazone groups is 1. The van der Waals surface area contributed by atoms with E-state index in [1.54, 1.807) is 24.3 Å². The highest BCUT2D eigenvalue weighted by Gasteiger charge is 2.12. The molecule has 4 nitrogen and oxygen atoms in total. The van der Waals surface area contributed by atoms with Gasteiger partial charge in [0.2, 0.25) is 0 Å². The summed E-state index contributed by atoms with van der Waals surface area (Å²) in [5, 5.41) is 16.7. The third-order valence-corrected chi connectivity index (χ3v) is 4.71. The Hall–Kier alpha value is -2.68. The van der Waals surface area contributed by atoms with Crippen molar-refractivity contribution < 1.29 is 0 Å². The number of anilines is 1. The van der Waals surface area contributed by atoms with Gasteiger partial charge in [0.25, 0.3) is 0 Å². The first kappa shape index (κ1) is 17.2. The van der Waals surface area contributed by atoms with E-state index < -0.39 is 0 Å². The molecular weight excluding hydrogens is 352 g/mol. The van der Waals surface area contributed by atoms with Gasteiger partial charge >= 0.3 is 0 Å². The first-order chi connectivity index (χ1) is 12.1. The van der Waals surface area contributed by atoms with Crippen LogP contribution in [0.2, 0.25) is 5.02 Å². The first-order valence-corrected chi connectivity index (χ1v) is 8.85. The minimum Gasteiger partial charge on any atom is -0.277 e. The number of nitrogens with one attached hydrogen (secondary N) is 1. The van der Waals surface area contributed by atoms with Gasteiger partial charge in [-0.2, -0.15) is 10.4 Å². The fourth-order valence-corrected chi connectivity index (χ4v) is 3.26. The molecule has 1 aromatic heterocycles. The monoisotopic (exact) mass is 366 g/mol. The molecule has 0 aliphatic heterocycles. The van der Waals surface area contributed by atoms with Crippen LogP contribution in [0.1, 0.15) is 16.1 Å². The van der Waals surface area contributed by atoms with E-state index in [1.807, 2.05) is 5.38 Å². The van der Waals surface area contributed by atoms with Crippen LogP contribution in [0.15, 0.2) is 52.9 Å². The highest BCUT2D eigenvalue weighted by atomic mass is 35.5. The van der Waals surface area contributed by atoms with Gasteiger partial charge in [0.15, 0.2) is 10.7 Å². The van der Waals surface area contributed by atoms with E-state index in [-0.39, 0.29) is 5.71 Å². The second-order valence-corrected chi connectivity index (χ2v) is 6.84. The number of thiazole rings is 1. The summed E-state index contributed by atoms with van der Waals surface area (Å²) in [6.45, 7) is 4.12. The quantitative estimate of drug-likeness (QED) is 0.495. The minimum absolute atomic E-state index is 0.246. The average Bonchev–Trinajstić information content (AvgIpc) is 3.06. The van der Waals surface area contributed by atoms with Gasteiger partial charge in [0.1, 0.15) is 6.07 Å². The van der Waals surface area contributed by atoms with Gasteiger partial charge in [-0.1, -0.05) is 35.4 Å². The molecule has 25 heavy (non-hydrogen) atoms. The van der Waals surface area contributed by atoms with Crippen molar-refractivity contribution in [3.63, 3.8) is 0 Å². The lowest BCUT2D eigenvalue weighted by Crippen LogP contribution is -2.01. The van der Waals surface area contributed by atoms with Gasteiger partial charge in [0, 0.05) is 16.0 Å². The fraction of sp³-hybridized carbons (Fsp3) is 0.105. The van der Waals surface area contributed by atoms with Crippen LogP contribution in [-0.4, -0.2) is 10.7 Å². The molecule has 0 aliphatic carbocycles. The van der Waals surface area contributed by atoms with Crippen LogP contribution in [0, 0.1) is 25.2 Å². The SMILES string of the molecule is Cc1ccc(-c2csc(/C(C#N)=N\Nc3ccc(Cl)cc3)n2)c(C)c1. The predicted molar refractivity (Wildman–Crippen MR) is 104 cm³/mol. The van der Waals surface area contributed by atoms with Crippen molar-refractivity contribution in [3.05, 3.63) is 69.0 Å². The number of hydrogen-bond donors (Lipinski definition) is 1. The molecule has 0 atom stereocenters. The molecular formula is C19H15ClN4S. The molecule has 6 heteroatoms. The fourth-order valence-electron chi connectivity index (χ4n) is 2.37. The summed E-state index contributed by atoms with van der Waals surface area (Å²) in [7, 11) is 0. The van der Waals surface area contributed by atoms with Crippen molar-refractivity contribution in [1.29, 1.82) is 5.26 Å². The van der Waals surface area contributed by atoms with E-state index in [2.05, 4.69) is 53.6 Å². The Bertz CT molecular complexity index is 968. The van der Waals surface area contributed by atoms with Crippen LogP contribution in [0.5, 0.6) is 0 Å². The predicted octanol–water partition coefficient (Wildman–Crippen LogP) is 5.42. The molecule has 1 N–H and O–H groups in total. The third-order valence-electron chi connectivity index (χ3n) is 3.61. The van der Waals surface area contributed by atoms with Crippen molar-refractivity contribution in [2.45, 2.75) is 13.8 Å². The zero-order chi connectivity index (χ0) is 17.8. The Kier molecular flexibility index (Phi) is 5.13. The molecule has 0 saturated carbocycles. The number of nitrogens with zero attached hydrogens (tertiary/aromatic N) is 3. The van der Waals surface area contributed by atoms with E-state index in [1.165, 1.54) is 16.9 Å². The van der Waals surface area contributed by atoms with E-state index >= 15 is 0 Å². The Morgan fingerprint density at radius 3 is 2.64 bits per heavy atom. The Labute approximate surface area is 155 Å². The maximum Gasteiger partial charge on any atom is 0.196 e. The van der Waals surface area contributed by atoms with Crippen LogP contribution in [0.25, 0.3) is 11.3 Å². The number of aromatic nitrogens is 1. The highest BCUT2D eigenvalue weighted by molar-refractivity contribution is 7.12. The average molecular weight is 367 g/mol. The smallest absolute Gasteiger partial charge is 0.196 e. The highest BCUT2D eigenvalue weighted by Crippen LogP contribution is 2.26. The maximum absolute atomic E-state index is 9.40. The standard InChI is InChI=1S/C19H15ClN4S/c1-12-3-8-16(13(2)9-12)18-11-25-19(22-18)17(10-21)24-23-15-6-4-14(20)5-7-15/h3-9,11,23H,1-2H3/b24-17-. The topological polar surface area (TPSA) is 61.1 Å². The van der Waals surface area contributed by atoms with E-state index in [0.29, 0.717) is 10.0 Å². The van der Waals surface area contributed by atoms with Crippen molar-refractivity contribution in [3.8, 4) is 17.3 Å². The summed E-state index contributed by atoms with van der Waals surface area (Å²) in [5.41, 5.74) is 8.15. The molecule has 3 aromatic rings. The Balaban J connectivity index is 1.85. The summed E-state index contributed by atoms with van der Waals surface area (Å²) in [6.07, 6.45) is 0. The zero-order valence-corrected chi connectivity index (χ0v) is 15.3. The minimum atomic E-state index is 0.246. The van der Waals surface area contributed by atoms with Gasteiger partial charge in [-0.25, -0.2) is 4.98 Å². The van der Waals surface area contributed by atoms with Gasteiger partial charge in [-0.05, 0) is 43.7 Å². The summed E-state index contributed by atoms with van der Waals surface area (Å²) >= 11 is 7.26. The van der Waals surface area contributed by atoms with Crippen LogP contribution in [-0.2, 0) is 0 Å². The van der Waals surface area contributed by atoms with E-state index in [4.69, 9.17) is 11.6 Å². The molecule has 3 rings (SSSR count). The number of halogens is 1. The van der Waals surface area contributed by atoms with Crippen molar-refractivity contribution in [2.24, 2.45) is 5.10 Å². The number of nitriles is 1. The van der Waals surface area contributed by atoms with Gasteiger partial charge in [-0.15, -0.1) is 11.3 Å². The normalized spacial score (nSPS) is 11.2. The zero-order valence-electron chi connectivity index (χ0n) is 13.7. The summed E-state index contributed by atoms with van der Waals surface area (Å²) in [6, 6.07) is 15.4. The largest absolute Gasteiger partial charge is 0.277 e. The molecule has 0 unspecified atom stereocenters. The van der Waals surface area contributed by atoms with Gasteiger partial charge in [-0.3, -0.25) is 5.43 Å². The molecule has 2 aromatic carbocycles. The summed E-state index contributed by atoms with van der Waals surface area (Å²) in [4.78, 5) is 4.57. The summed E-state index contributed by atoms with van der Waals surface area (Å²) < 4.78 is 0. The summed E-state index contributed by atoms with van der Waals surface area (Å²) in [5.74, 6) is 0. The first-order valence-electron chi connectivity index (χ1n) is 7.59. The number of rotatable bonds is 4. The van der Waals surface area contributed by atoms with E-state index in [0.717, 1.165) is 22.5 Å². The molecule has 0 fully saturated rings. The Morgan fingerprint density at radius 1 is 1.20 bits per heavy atom.